The van der Waals surface area contributed by atoms with Crippen LogP contribution in [-0.2, 0) is 0 Å². The molecule has 1 heterocycles. The first-order valence-corrected chi connectivity index (χ1v) is 14.1. The molecule has 180 valence electrons. The normalized spacial score (nSPS) is 13.1. The van der Waals surface area contributed by atoms with Crippen molar-refractivity contribution in [3.8, 4) is 0 Å². The molecule has 8 rings (SSSR count). The number of rotatable bonds is 1. The third kappa shape index (κ3) is 3.28. The van der Waals surface area contributed by atoms with E-state index in [1.54, 1.807) is 0 Å². The molecule has 1 aliphatic carbocycles. The SMILES string of the molecule is C1=Cc2ccccc2C(p2oc3ccc4ccccc4c3c3c(ccc4ccccc43)o2)c2ccccc21. The zero-order valence-corrected chi connectivity index (χ0v) is 21.4. The molecule has 0 amide bonds. The monoisotopic (exact) mass is 506 g/mol. The van der Waals surface area contributed by atoms with E-state index in [1.165, 1.54) is 43.8 Å². The fraction of sp³-hybridized carbons (Fsp3) is 0.0286. The van der Waals surface area contributed by atoms with E-state index in [0.29, 0.717) is 0 Å². The van der Waals surface area contributed by atoms with Crippen LogP contribution in [0.2, 0.25) is 0 Å². The van der Waals surface area contributed by atoms with Crippen LogP contribution in [0, 0.1) is 0 Å². The molecule has 0 aliphatic heterocycles. The summed E-state index contributed by atoms with van der Waals surface area (Å²) in [6.07, 6.45) is 4.43. The maximum Gasteiger partial charge on any atom is 0.229 e. The number of hydrogen-bond donors (Lipinski definition) is 0. The Bertz CT molecular complexity index is 1950. The molecule has 38 heavy (non-hydrogen) atoms. The van der Waals surface area contributed by atoms with Gasteiger partial charge in [0.2, 0.25) is 8.01 Å². The molecule has 0 unspecified atom stereocenters. The molecule has 0 spiro atoms. The van der Waals surface area contributed by atoms with Gasteiger partial charge in [-0.2, -0.15) is 0 Å². The molecule has 0 N–H and O–H groups in total. The molecular formula is C35H23O2P. The predicted octanol–water partition coefficient (Wildman–Crippen LogP) is 10.7. The summed E-state index contributed by atoms with van der Waals surface area (Å²) in [7, 11) is -1.43. The van der Waals surface area contributed by atoms with Crippen LogP contribution in [0.4, 0.5) is 0 Å². The van der Waals surface area contributed by atoms with Gasteiger partial charge >= 0.3 is 0 Å². The quantitative estimate of drug-likeness (QED) is 0.221. The van der Waals surface area contributed by atoms with Gasteiger partial charge in [-0.1, -0.05) is 121 Å². The summed E-state index contributed by atoms with van der Waals surface area (Å²) in [4.78, 5) is 0. The third-order valence-electron chi connectivity index (χ3n) is 7.64. The summed E-state index contributed by atoms with van der Waals surface area (Å²) < 4.78 is 14.0. The van der Waals surface area contributed by atoms with Gasteiger partial charge in [-0.25, -0.2) is 0 Å². The van der Waals surface area contributed by atoms with Gasteiger partial charge in [-0.05, 0) is 55.9 Å². The largest absolute Gasteiger partial charge is 0.418 e. The van der Waals surface area contributed by atoms with Gasteiger partial charge in [-0.15, -0.1) is 0 Å². The smallest absolute Gasteiger partial charge is 0.229 e. The lowest BCUT2D eigenvalue weighted by atomic mass is 9.99. The first-order valence-electron chi connectivity index (χ1n) is 12.9. The van der Waals surface area contributed by atoms with E-state index in [-0.39, 0.29) is 5.66 Å². The van der Waals surface area contributed by atoms with Crippen LogP contribution in [0.15, 0.2) is 130 Å². The summed E-state index contributed by atoms with van der Waals surface area (Å²) in [6.45, 7) is 0. The summed E-state index contributed by atoms with van der Waals surface area (Å²) in [5, 5.41) is 6.93. The molecule has 0 radical (unpaired) electrons. The fourth-order valence-corrected chi connectivity index (χ4v) is 7.75. The molecule has 3 heteroatoms. The van der Waals surface area contributed by atoms with Gasteiger partial charge < -0.3 is 8.39 Å². The number of fused-ring (bicyclic) bond motifs is 9. The van der Waals surface area contributed by atoms with E-state index in [9.17, 15) is 0 Å². The van der Waals surface area contributed by atoms with Gasteiger partial charge in [0, 0.05) is 10.8 Å². The lowest BCUT2D eigenvalue weighted by Gasteiger charge is -2.17. The molecule has 0 atom stereocenters. The van der Waals surface area contributed by atoms with Crippen molar-refractivity contribution in [1.82, 2.24) is 0 Å². The van der Waals surface area contributed by atoms with Crippen LogP contribution >= 0.6 is 8.01 Å². The Morgan fingerprint density at radius 3 is 1.42 bits per heavy atom. The first kappa shape index (κ1) is 21.6. The van der Waals surface area contributed by atoms with E-state index in [4.69, 9.17) is 8.39 Å². The molecule has 6 aromatic carbocycles. The molecular weight excluding hydrogens is 483 g/mol. The summed E-state index contributed by atoms with van der Waals surface area (Å²) in [5.74, 6) is 0. The highest BCUT2D eigenvalue weighted by molar-refractivity contribution is 7.38. The van der Waals surface area contributed by atoms with Crippen molar-refractivity contribution in [2.45, 2.75) is 5.66 Å². The van der Waals surface area contributed by atoms with Gasteiger partial charge in [0.25, 0.3) is 0 Å². The van der Waals surface area contributed by atoms with Crippen molar-refractivity contribution in [1.29, 1.82) is 0 Å². The van der Waals surface area contributed by atoms with Crippen molar-refractivity contribution in [2.75, 3.05) is 0 Å². The second-order valence-electron chi connectivity index (χ2n) is 9.78. The number of benzene rings is 6. The standard InChI is InChI=1S/C35H23O2P/c1-5-13-27-23(9-1)19-21-31-33(27)34-28-14-6-2-10-24(28)20-22-32(34)37-38(36-31)35-29-15-7-3-11-25(29)17-18-26-12-4-8-16-30(26)35/h1-22,35H. The second kappa shape index (κ2) is 8.52. The Balaban J connectivity index is 1.58. The van der Waals surface area contributed by atoms with Gasteiger partial charge in [0.15, 0.2) is 0 Å². The maximum absolute atomic E-state index is 7.02. The van der Waals surface area contributed by atoms with Crippen molar-refractivity contribution < 1.29 is 8.39 Å². The Hall–Kier alpha value is -4.52. The molecule has 0 saturated carbocycles. The molecule has 7 aromatic rings. The van der Waals surface area contributed by atoms with Gasteiger partial charge in [0.1, 0.15) is 16.8 Å². The van der Waals surface area contributed by atoms with Crippen molar-refractivity contribution in [3.05, 3.63) is 144 Å². The van der Waals surface area contributed by atoms with E-state index in [0.717, 1.165) is 21.9 Å². The van der Waals surface area contributed by atoms with Crippen LogP contribution in [-0.4, -0.2) is 0 Å². The Morgan fingerprint density at radius 2 is 0.895 bits per heavy atom. The van der Waals surface area contributed by atoms with E-state index in [1.807, 2.05) is 0 Å². The minimum absolute atomic E-state index is 0.0517. The minimum atomic E-state index is -1.43. The van der Waals surface area contributed by atoms with Gasteiger partial charge in [-0.3, -0.25) is 0 Å². The minimum Gasteiger partial charge on any atom is -0.418 e. The van der Waals surface area contributed by atoms with Crippen LogP contribution in [0.3, 0.4) is 0 Å². The molecule has 0 bridgehead atoms. The van der Waals surface area contributed by atoms with E-state index < -0.39 is 8.01 Å². The summed E-state index contributed by atoms with van der Waals surface area (Å²) >= 11 is 0. The summed E-state index contributed by atoms with van der Waals surface area (Å²) in [6, 6.07) is 42.9. The Labute approximate surface area is 221 Å². The van der Waals surface area contributed by atoms with E-state index >= 15 is 0 Å². The topological polar surface area (TPSA) is 26.3 Å². The average Bonchev–Trinajstić information content (AvgIpc) is 3.25. The Kier molecular flexibility index (Phi) is 4.83. The summed E-state index contributed by atoms with van der Waals surface area (Å²) in [5.41, 5.74) is 6.55. The van der Waals surface area contributed by atoms with Crippen molar-refractivity contribution in [3.63, 3.8) is 0 Å². The van der Waals surface area contributed by atoms with Crippen LogP contribution in [0.1, 0.15) is 27.9 Å². The second-order valence-corrected chi connectivity index (χ2v) is 11.2. The first-order chi connectivity index (χ1) is 18.8. The predicted molar refractivity (Wildman–Crippen MR) is 160 cm³/mol. The lowest BCUT2D eigenvalue weighted by molar-refractivity contribution is 0.630. The molecule has 0 fully saturated rings. The highest BCUT2D eigenvalue weighted by Gasteiger charge is 2.28. The zero-order chi connectivity index (χ0) is 25.1. The molecule has 0 saturated heterocycles. The van der Waals surface area contributed by atoms with Crippen molar-refractivity contribution >= 4 is 63.6 Å². The fourth-order valence-electron chi connectivity index (χ4n) is 5.89. The molecule has 2 nitrogen and oxygen atoms in total. The van der Waals surface area contributed by atoms with Crippen LogP contribution in [0.25, 0.3) is 55.6 Å². The average molecular weight is 507 g/mol. The third-order valence-corrected chi connectivity index (χ3v) is 9.37. The van der Waals surface area contributed by atoms with Gasteiger partial charge in [0.05, 0.1) is 0 Å². The molecule has 1 aliphatic rings. The highest BCUT2D eigenvalue weighted by Crippen LogP contribution is 2.53. The van der Waals surface area contributed by atoms with E-state index in [2.05, 4.69) is 133 Å². The lowest BCUT2D eigenvalue weighted by Crippen LogP contribution is -1.98. The molecule has 1 aromatic heterocycles. The number of hydrogen-bond acceptors (Lipinski definition) is 2. The van der Waals surface area contributed by atoms with Crippen molar-refractivity contribution in [2.24, 2.45) is 0 Å². The van der Waals surface area contributed by atoms with Crippen LogP contribution in [0.5, 0.6) is 0 Å². The maximum atomic E-state index is 7.02. The highest BCUT2D eigenvalue weighted by atomic mass is 31.1. The Morgan fingerprint density at radius 1 is 0.447 bits per heavy atom. The zero-order valence-electron chi connectivity index (χ0n) is 20.5. The van der Waals surface area contributed by atoms with Crippen LogP contribution < -0.4 is 0 Å².